The highest BCUT2D eigenvalue weighted by atomic mass is 19.4. The minimum absolute atomic E-state index is 0.219. The quantitative estimate of drug-likeness (QED) is 0.869. The maximum absolute atomic E-state index is 12.2. The molecular weight excluding hydrogens is 285 g/mol. The van der Waals surface area contributed by atoms with E-state index in [1.54, 1.807) is 12.1 Å². The summed E-state index contributed by atoms with van der Waals surface area (Å²) in [5.74, 6) is -0.0349. The van der Waals surface area contributed by atoms with Gasteiger partial charge in [0.1, 0.15) is 5.75 Å². The fourth-order valence-electron chi connectivity index (χ4n) is 1.72. The third-order valence-electron chi connectivity index (χ3n) is 2.60. The topological polar surface area (TPSA) is 55.1 Å². The summed E-state index contributed by atoms with van der Waals surface area (Å²) < 4.78 is 45.5. The van der Waals surface area contributed by atoms with Crippen LogP contribution in [0.25, 0.3) is 11.1 Å². The van der Waals surface area contributed by atoms with E-state index < -0.39 is 12.1 Å². The van der Waals surface area contributed by atoms with Gasteiger partial charge >= 0.3 is 6.36 Å². The molecule has 0 atom stereocenters. The van der Waals surface area contributed by atoms with Crippen LogP contribution in [0, 0.1) is 11.3 Å². The van der Waals surface area contributed by atoms with Gasteiger partial charge in [-0.2, -0.15) is 5.26 Å². The number of aromatic nitrogens is 1. The number of ether oxygens (including phenoxy) is 2. The molecule has 108 valence electrons. The molecule has 0 spiro atoms. The largest absolute Gasteiger partial charge is 0.573 e. The SMILES string of the molecule is COc1ccc(-c2cc(OC(F)(F)F)ccc2C#N)cn1. The zero-order valence-corrected chi connectivity index (χ0v) is 10.8. The number of hydrogen-bond acceptors (Lipinski definition) is 4. The molecule has 7 heteroatoms. The van der Waals surface area contributed by atoms with Crippen molar-refractivity contribution < 1.29 is 22.6 Å². The summed E-state index contributed by atoms with van der Waals surface area (Å²) in [6, 6.07) is 8.57. The van der Waals surface area contributed by atoms with Crippen LogP contribution in [0.3, 0.4) is 0 Å². The van der Waals surface area contributed by atoms with Crippen molar-refractivity contribution in [3.05, 3.63) is 42.1 Å². The first-order valence-corrected chi connectivity index (χ1v) is 5.73. The minimum atomic E-state index is -4.79. The molecule has 0 unspecified atom stereocenters. The predicted molar refractivity (Wildman–Crippen MR) is 67.6 cm³/mol. The summed E-state index contributed by atoms with van der Waals surface area (Å²) in [5, 5.41) is 9.05. The second kappa shape index (κ2) is 5.71. The van der Waals surface area contributed by atoms with Crippen molar-refractivity contribution in [2.24, 2.45) is 0 Å². The van der Waals surface area contributed by atoms with Crippen LogP contribution in [0.1, 0.15) is 5.56 Å². The van der Waals surface area contributed by atoms with Gasteiger partial charge in [0, 0.05) is 23.4 Å². The van der Waals surface area contributed by atoms with Crippen molar-refractivity contribution in [2.75, 3.05) is 7.11 Å². The number of alkyl halides is 3. The Balaban J connectivity index is 2.44. The Kier molecular flexibility index (Phi) is 3.98. The summed E-state index contributed by atoms with van der Waals surface area (Å²) in [4.78, 5) is 3.96. The molecule has 21 heavy (non-hydrogen) atoms. The lowest BCUT2D eigenvalue weighted by atomic mass is 10.0. The van der Waals surface area contributed by atoms with Crippen LogP contribution in [0.5, 0.6) is 11.6 Å². The lowest BCUT2D eigenvalue weighted by Gasteiger charge is -2.11. The van der Waals surface area contributed by atoms with Crippen molar-refractivity contribution in [3.8, 4) is 28.8 Å². The van der Waals surface area contributed by atoms with E-state index in [1.165, 1.54) is 19.4 Å². The van der Waals surface area contributed by atoms with Gasteiger partial charge in [0.05, 0.1) is 18.7 Å². The van der Waals surface area contributed by atoms with Gasteiger partial charge in [0.25, 0.3) is 0 Å². The van der Waals surface area contributed by atoms with E-state index in [-0.39, 0.29) is 5.56 Å². The van der Waals surface area contributed by atoms with Crippen molar-refractivity contribution in [3.63, 3.8) is 0 Å². The fraction of sp³-hybridized carbons (Fsp3) is 0.143. The van der Waals surface area contributed by atoms with E-state index in [4.69, 9.17) is 10.00 Å². The van der Waals surface area contributed by atoms with Crippen molar-refractivity contribution >= 4 is 0 Å². The first-order valence-electron chi connectivity index (χ1n) is 5.73. The third-order valence-corrected chi connectivity index (χ3v) is 2.60. The Labute approximate surface area is 118 Å². The first-order chi connectivity index (χ1) is 9.93. The van der Waals surface area contributed by atoms with E-state index in [2.05, 4.69) is 9.72 Å². The summed E-state index contributed by atoms with van der Waals surface area (Å²) in [6.07, 6.45) is -3.38. The molecule has 1 aromatic heterocycles. The maximum atomic E-state index is 12.2. The van der Waals surface area contributed by atoms with Crippen molar-refractivity contribution in [2.45, 2.75) is 6.36 Å². The molecule has 0 radical (unpaired) electrons. The molecule has 0 saturated heterocycles. The monoisotopic (exact) mass is 294 g/mol. The number of nitriles is 1. The Hall–Kier alpha value is -2.75. The molecule has 0 saturated carbocycles. The summed E-state index contributed by atoms with van der Waals surface area (Å²) in [6.45, 7) is 0. The van der Waals surface area contributed by atoms with Gasteiger partial charge in [0.15, 0.2) is 0 Å². The second-order valence-electron chi connectivity index (χ2n) is 3.96. The van der Waals surface area contributed by atoms with Crippen LogP contribution in [0.15, 0.2) is 36.5 Å². The molecular formula is C14H9F3N2O2. The molecule has 4 nitrogen and oxygen atoms in total. The van der Waals surface area contributed by atoms with Gasteiger partial charge in [0.2, 0.25) is 5.88 Å². The molecule has 0 aliphatic carbocycles. The zero-order valence-electron chi connectivity index (χ0n) is 10.8. The summed E-state index contributed by atoms with van der Waals surface area (Å²) in [5.41, 5.74) is 1.01. The second-order valence-corrected chi connectivity index (χ2v) is 3.96. The molecule has 0 N–H and O–H groups in total. The lowest BCUT2D eigenvalue weighted by molar-refractivity contribution is -0.274. The van der Waals surface area contributed by atoms with E-state index in [9.17, 15) is 13.2 Å². The van der Waals surface area contributed by atoms with Crippen LogP contribution >= 0.6 is 0 Å². The van der Waals surface area contributed by atoms with Gasteiger partial charge in [-0.05, 0) is 24.3 Å². The van der Waals surface area contributed by atoms with E-state index >= 15 is 0 Å². The molecule has 0 aliphatic rings. The van der Waals surface area contributed by atoms with Crippen LogP contribution in [0.2, 0.25) is 0 Å². The van der Waals surface area contributed by atoms with Crippen molar-refractivity contribution in [1.29, 1.82) is 5.26 Å². The zero-order chi connectivity index (χ0) is 15.5. The number of halogens is 3. The molecule has 2 rings (SSSR count). The molecule has 1 aromatic carbocycles. The molecule has 1 heterocycles. The van der Waals surface area contributed by atoms with Gasteiger partial charge < -0.3 is 9.47 Å². The lowest BCUT2D eigenvalue weighted by Crippen LogP contribution is -2.17. The molecule has 0 bridgehead atoms. The van der Waals surface area contributed by atoms with Crippen LogP contribution in [0.4, 0.5) is 13.2 Å². The third kappa shape index (κ3) is 3.63. The Morgan fingerprint density at radius 2 is 1.95 bits per heavy atom. The average Bonchev–Trinajstić information content (AvgIpc) is 2.45. The number of nitrogens with zero attached hydrogens (tertiary/aromatic N) is 2. The van der Waals surface area contributed by atoms with Crippen LogP contribution in [-0.2, 0) is 0 Å². The van der Waals surface area contributed by atoms with Crippen LogP contribution < -0.4 is 9.47 Å². The van der Waals surface area contributed by atoms with Gasteiger partial charge in [-0.1, -0.05) is 0 Å². The average molecular weight is 294 g/mol. The van der Waals surface area contributed by atoms with E-state index in [1.807, 2.05) is 6.07 Å². The van der Waals surface area contributed by atoms with Crippen LogP contribution in [-0.4, -0.2) is 18.5 Å². The van der Waals surface area contributed by atoms with E-state index in [0.29, 0.717) is 17.0 Å². The fourth-order valence-corrected chi connectivity index (χ4v) is 1.72. The van der Waals surface area contributed by atoms with Crippen molar-refractivity contribution in [1.82, 2.24) is 4.98 Å². The Bertz CT molecular complexity index is 676. The number of rotatable bonds is 3. The summed E-state index contributed by atoms with van der Waals surface area (Å²) in [7, 11) is 1.44. The predicted octanol–water partition coefficient (Wildman–Crippen LogP) is 3.53. The Morgan fingerprint density at radius 3 is 2.48 bits per heavy atom. The standard InChI is InChI=1S/C14H9F3N2O2/c1-20-13-5-3-10(8-19-13)12-6-11(21-14(15,16)17)4-2-9(12)7-18/h2-6,8H,1H3. The van der Waals surface area contributed by atoms with Gasteiger partial charge in [-0.25, -0.2) is 4.98 Å². The number of benzene rings is 1. The normalized spacial score (nSPS) is 10.8. The molecule has 0 aliphatic heterocycles. The highest BCUT2D eigenvalue weighted by Crippen LogP contribution is 2.30. The minimum Gasteiger partial charge on any atom is -0.481 e. The smallest absolute Gasteiger partial charge is 0.481 e. The number of hydrogen-bond donors (Lipinski definition) is 0. The highest BCUT2D eigenvalue weighted by Gasteiger charge is 2.31. The Morgan fingerprint density at radius 1 is 1.19 bits per heavy atom. The first kappa shape index (κ1) is 14.7. The maximum Gasteiger partial charge on any atom is 0.573 e. The molecule has 0 fully saturated rings. The van der Waals surface area contributed by atoms with Gasteiger partial charge in [-0.3, -0.25) is 0 Å². The highest BCUT2D eigenvalue weighted by molar-refractivity contribution is 5.71. The molecule has 0 amide bonds. The van der Waals surface area contributed by atoms with Gasteiger partial charge in [-0.15, -0.1) is 13.2 Å². The number of pyridine rings is 1. The molecule has 2 aromatic rings. The summed E-state index contributed by atoms with van der Waals surface area (Å²) >= 11 is 0. The number of methoxy groups -OCH3 is 1. The van der Waals surface area contributed by atoms with E-state index in [0.717, 1.165) is 12.1 Å².